The van der Waals surface area contributed by atoms with E-state index in [1.165, 1.54) is 17.4 Å². The molecule has 0 aliphatic heterocycles. The van der Waals surface area contributed by atoms with Crippen LogP contribution in [0, 0.1) is 10.1 Å². The van der Waals surface area contributed by atoms with Crippen molar-refractivity contribution in [2.45, 2.75) is 0 Å². The van der Waals surface area contributed by atoms with Gasteiger partial charge in [0, 0.05) is 14.8 Å². The Labute approximate surface area is 112 Å². The lowest BCUT2D eigenvalue weighted by atomic mass is 9.78. The Morgan fingerprint density at radius 3 is 2.53 bits per heavy atom. The van der Waals surface area contributed by atoms with Gasteiger partial charge in [-0.3, -0.25) is 10.1 Å². The highest BCUT2D eigenvalue weighted by molar-refractivity contribution is 7.26. The average molecular weight is 273 g/mol. The van der Waals surface area contributed by atoms with E-state index in [1.807, 2.05) is 12.1 Å². The van der Waals surface area contributed by atoms with Gasteiger partial charge in [0.05, 0.1) is 15.8 Å². The van der Waals surface area contributed by atoms with Gasteiger partial charge in [-0.1, -0.05) is 24.3 Å². The summed E-state index contributed by atoms with van der Waals surface area (Å²) in [6.45, 7) is 0. The minimum absolute atomic E-state index is 0.0824. The van der Waals surface area contributed by atoms with E-state index in [0.29, 0.717) is 5.39 Å². The van der Waals surface area contributed by atoms with Crippen LogP contribution < -0.4 is 5.46 Å². The molecular weight excluding hydrogens is 265 g/mol. The first-order valence-corrected chi connectivity index (χ1v) is 6.36. The van der Waals surface area contributed by atoms with Crippen LogP contribution in [0.15, 0.2) is 36.4 Å². The smallest absolute Gasteiger partial charge is 0.423 e. The van der Waals surface area contributed by atoms with E-state index in [2.05, 4.69) is 0 Å². The number of hydrogen-bond donors (Lipinski definition) is 2. The summed E-state index contributed by atoms with van der Waals surface area (Å²) in [6, 6.07) is 10.4. The van der Waals surface area contributed by atoms with Crippen molar-refractivity contribution in [1.82, 2.24) is 0 Å². The fraction of sp³-hybridized carbons (Fsp3) is 0. The van der Waals surface area contributed by atoms with Crippen LogP contribution in [0.25, 0.3) is 20.2 Å². The maximum Gasteiger partial charge on any atom is 0.495 e. The molecule has 1 aromatic heterocycles. The fourth-order valence-corrected chi connectivity index (χ4v) is 3.33. The summed E-state index contributed by atoms with van der Waals surface area (Å²) >= 11 is 1.45. The Hall–Kier alpha value is -1.96. The van der Waals surface area contributed by atoms with Crippen LogP contribution in [0.5, 0.6) is 0 Å². The summed E-state index contributed by atoms with van der Waals surface area (Å²) < 4.78 is 1.70. The number of thiophene rings is 1. The van der Waals surface area contributed by atoms with E-state index >= 15 is 0 Å². The largest absolute Gasteiger partial charge is 0.495 e. The Morgan fingerprint density at radius 1 is 1.11 bits per heavy atom. The van der Waals surface area contributed by atoms with E-state index in [0.717, 1.165) is 14.8 Å². The second-order valence-electron chi connectivity index (χ2n) is 4.11. The second kappa shape index (κ2) is 4.31. The summed E-state index contributed by atoms with van der Waals surface area (Å²) in [7, 11) is -1.86. The van der Waals surface area contributed by atoms with Crippen molar-refractivity contribution < 1.29 is 15.0 Å². The van der Waals surface area contributed by atoms with Crippen molar-refractivity contribution in [2.24, 2.45) is 0 Å². The highest BCUT2D eigenvalue weighted by Gasteiger charge is 2.28. The number of nitro benzene ring substituents is 1. The van der Waals surface area contributed by atoms with Gasteiger partial charge in [0.1, 0.15) is 0 Å². The van der Waals surface area contributed by atoms with Gasteiger partial charge in [-0.05, 0) is 12.1 Å². The molecule has 0 spiro atoms. The first-order chi connectivity index (χ1) is 9.09. The topological polar surface area (TPSA) is 83.6 Å². The summed E-state index contributed by atoms with van der Waals surface area (Å²) in [6.07, 6.45) is 0. The van der Waals surface area contributed by atoms with Gasteiger partial charge in [0.25, 0.3) is 5.69 Å². The van der Waals surface area contributed by atoms with Crippen LogP contribution in [0.4, 0.5) is 5.69 Å². The van der Waals surface area contributed by atoms with Crippen LogP contribution in [0.3, 0.4) is 0 Å². The van der Waals surface area contributed by atoms with Crippen LogP contribution in [0.1, 0.15) is 0 Å². The van der Waals surface area contributed by atoms with E-state index in [1.54, 1.807) is 18.2 Å². The van der Waals surface area contributed by atoms with Crippen LogP contribution in [-0.4, -0.2) is 22.1 Å². The molecule has 7 heteroatoms. The van der Waals surface area contributed by atoms with Crippen molar-refractivity contribution in [3.8, 4) is 0 Å². The highest BCUT2D eigenvalue weighted by atomic mass is 32.1. The van der Waals surface area contributed by atoms with Crippen LogP contribution in [0.2, 0.25) is 0 Å². The Balaban J connectivity index is 2.53. The summed E-state index contributed by atoms with van der Waals surface area (Å²) in [5, 5.41) is 31.1. The molecule has 0 atom stereocenters. The van der Waals surface area contributed by atoms with Crippen molar-refractivity contribution in [3.63, 3.8) is 0 Å². The predicted molar refractivity (Wildman–Crippen MR) is 75.8 cm³/mol. The Bertz CT molecular complexity index is 799. The molecule has 1 heterocycles. The van der Waals surface area contributed by atoms with E-state index in [4.69, 9.17) is 0 Å². The zero-order valence-corrected chi connectivity index (χ0v) is 10.4. The van der Waals surface area contributed by atoms with E-state index in [-0.39, 0.29) is 11.2 Å². The van der Waals surface area contributed by atoms with Gasteiger partial charge >= 0.3 is 7.12 Å². The molecule has 0 aliphatic rings. The molecule has 0 saturated carbocycles. The summed E-state index contributed by atoms with van der Waals surface area (Å²) in [5.74, 6) is 0. The van der Waals surface area contributed by atoms with Crippen molar-refractivity contribution in [3.05, 3.63) is 46.5 Å². The maximum absolute atomic E-state index is 11.3. The minimum Gasteiger partial charge on any atom is -0.423 e. The molecule has 3 aromatic rings. The molecule has 19 heavy (non-hydrogen) atoms. The number of fused-ring (bicyclic) bond motifs is 3. The molecule has 0 aliphatic carbocycles. The summed E-state index contributed by atoms with van der Waals surface area (Å²) in [4.78, 5) is 10.7. The number of benzene rings is 2. The molecule has 3 rings (SSSR count). The summed E-state index contributed by atoms with van der Waals surface area (Å²) in [5.41, 5.74) is -0.314. The van der Waals surface area contributed by atoms with Crippen molar-refractivity contribution >= 4 is 49.8 Å². The molecule has 94 valence electrons. The lowest BCUT2D eigenvalue weighted by Gasteiger charge is -2.03. The zero-order chi connectivity index (χ0) is 13.6. The van der Waals surface area contributed by atoms with Gasteiger partial charge in [-0.15, -0.1) is 11.3 Å². The average Bonchev–Trinajstić information content (AvgIpc) is 2.75. The molecule has 0 unspecified atom stereocenters. The first-order valence-electron chi connectivity index (χ1n) is 5.54. The standard InChI is InChI=1S/C12H8BNO4S/c15-13(16)8-5-6-10-11(12(8)14(17)18)7-3-1-2-4-9(7)19-10/h1-6,15-16H. The molecule has 0 fully saturated rings. The number of hydrogen-bond acceptors (Lipinski definition) is 5. The maximum atomic E-state index is 11.3. The molecule has 0 radical (unpaired) electrons. The van der Waals surface area contributed by atoms with E-state index in [9.17, 15) is 20.2 Å². The molecule has 0 saturated heterocycles. The zero-order valence-electron chi connectivity index (χ0n) is 9.61. The third-order valence-electron chi connectivity index (χ3n) is 3.01. The third kappa shape index (κ3) is 1.79. The quantitative estimate of drug-likeness (QED) is 0.422. The molecular formula is C12H8BNO4S. The Morgan fingerprint density at radius 2 is 1.84 bits per heavy atom. The minimum atomic E-state index is -1.86. The van der Waals surface area contributed by atoms with Gasteiger partial charge < -0.3 is 10.0 Å². The second-order valence-corrected chi connectivity index (χ2v) is 5.19. The van der Waals surface area contributed by atoms with Gasteiger partial charge in [-0.2, -0.15) is 0 Å². The monoisotopic (exact) mass is 273 g/mol. The number of nitrogens with zero attached hydrogens (tertiary/aromatic N) is 1. The van der Waals surface area contributed by atoms with Crippen molar-refractivity contribution in [1.29, 1.82) is 0 Å². The van der Waals surface area contributed by atoms with Crippen LogP contribution in [-0.2, 0) is 0 Å². The molecule has 0 bridgehead atoms. The molecule has 0 amide bonds. The van der Waals surface area contributed by atoms with Gasteiger partial charge in [0.2, 0.25) is 0 Å². The lowest BCUT2D eigenvalue weighted by Crippen LogP contribution is -2.31. The number of nitro groups is 1. The fourth-order valence-electron chi connectivity index (χ4n) is 2.22. The predicted octanol–water partition coefficient (Wildman–Crippen LogP) is 1.64. The molecule has 5 nitrogen and oxygen atoms in total. The normalized spacial score (nSPS) is 11.1. The van der Waals surface area contributed by atoms with E-state index < -0.39 is 12.0 Å². The first kappa shape index (κ1) is 12.1. The molecule has 2 aromatic carbocycles. The van der Waals surface area contributed by atoms with Gasteiger partial charge in [-0.25, -0.2) is 0 Å². The van der Waals surface area contributed by atoms with Crippen molar-refractivity contribution in [2.75, 3.05) is 0 Å². The Kier molecular flexibility index (Phi) is 2.74. The highest BCUT2D eigenvalue weighted by Crippen LogP contribution is 2.38. The number of rotatable bonds is 2. The third-order valence-corrected chi connectivity index (χ3v) is 4.14. The van der Waals surface area contributed by atoms with Crippen LogP contribution >= 0.6 is 11.3 Å². The molecule has 2 N–H and O–H groups in total. The SMILES string of the molecule is O=[N+]([O-])c1c(B(O)O)ccc2sc3ccccc3c12. The lowest BCUT2D eigenvalue weighted by molar-refractivity contribution is -0.381. The van der Waals surface area contributed by atoms with Gasteiger partial charge in [0.15, 0.2) is 0 Å².